The fraction of sp³-hybridized carbons (Fsp3) is 0.167. The van der Waals surface area contributed by atoms with Gasteiger partial charge in [-0.2, -0.15) is 0 Å². The van der Waals surface area contributed by atoms with Gasteiger partial charge in [0.2, 0.25) is 5.75 Å². The second kappa shape index (κ2) is 5.83. The quantitative estimate of drug-likeness (QED) is 0.372. The maximum atomic E-state index is 13.1. The Hall–Kier alpha value is -2.55. The third-order valence-corrected chi connectivity index (χ3v) is 3.49. The molecule has 0 radical (unpaired) electrons. The number of nitrogens with zero attached hydrogens (tertiary/aromatic N) is 2. The van der Waals surface area contributed by atoms with E-state index < -0.39 is 34.7 Å². The van der Waals surface area contributed by atoms with Crippen molar-refractivity contribution in [1.82, 2.24) is 4.57 Å². The maximum absolute atomic E-state index is 13.1. The molecular formula is C12H9FN2O5S. The first-order valence-corrected chi connectivity index (χ1v) is 6.56. The summed E-state index contributed by atoms with van der Waals surface area (Å²) in [4.78, 5) is 32.9. The molecule has 0 saturated carbocycles. The highest BCUT2D eigenvalue weighted by Gasteiger charge is 2.19. The van der Waals surface area contributed by atoms with Crippen LogP contribution in [0.15, 0.2) is 28.4 Å². The zero-order chi connectivity index (χ0) is 15.6. The van der Waals surface area contributed by atoms with Crippen LogP contribution in [-0.2, 0) is 11.3 Å². The molecule has 0 N–H and O–H groups in total. The number of nitro groups is 1. The Kier molecular flexibility index (Phi) is 4.13. The Morgan fingerprint density at radius 3 is 2.81 bits per heavy atom. The highest BCUT2D eigenvalue weighted by molar-refractivity contribution is 7.07. The van der Waals surface area contributed by atoms with Crippen LogP contribution in [0.5, 0.6) is 5.75 Å². The van der Waals surface area contributed by atoms with Crippen molar-refractivity contribution in [1.29, 1.82) is 0 Å². The number of nitro benzene ring substituents is 1. The Morgan fingerprint density at radius 2 is 2.24 bits per heavy atom. The number of thiazole rings is 1. The second-order valence-electron chi connectivity index (χ2n) is 4.07. The van der Waals surface area contributed by atoms with Crippen molar-refractivity contribution in [2.45, 2.75) is 13.5 Å². The summed E-state index contributed by atoms with van der Waals surface area (Å²) in [6.45, 7) is 1.23. The van der Waals surface area contributed by atoms with Gasteiger partial charge in [0, 0.05) is 23.2 Å². The fourth-order valence-corrected chi connectivity index (χ4v) is 2.34. The maximum Gasteiger partial charge on any atom is 0.331 e. The predicted octanol–water partition coefficient (Wildman–Crippen LogP) is 1.87. The number of aryl methyl sites for hydroxylation is 1. The Bertz CT molecular complexity index is 767. The van der Waals surface area contributed by atoms with Crippen LogP contribution in [0.2, 0.25) is 0 Å². The summed E-state index contributed by atoms with van der Waals surface area (Å²) in [5.74, 6) is -2.16. The molecular weight excluding hydrogens is 303 g/mol. The number of esters is 1. The minimum atomic E-state index is -0.896. The third-order valence-electron chi connectivity index (χ3n) is 2.61. The topological polar surface area (TPSA) is 91.4 Å². The van der Waals surface area contributed by atoms with E-state index in [-0.39, 0.29) is 4.87 Å². The number of carbonyl (C=O) groups is 1. The summed E-state index contributed by atoms with van der Waals surface area (Å²) in [5.41, 5.74) is 0.0369. The number of rotatable bonds is 4. The van der Waals surface area contributed by atoms with Crippen molar-refractivity contribution >= 4 is 23.0 Å². The molecule has 0 aliphatic rings. The lowest BCUT2D eigenvalue weighted by molar-refractivity contribution is -0.385. The van der Waals surface area contributed by atoms with Crippen LogP contribution in [0.25, 0.3) is 0 Å². The number of hydrogen-bond donors (Lipinski definition) is 0. The van der Waals surface area contributed by atoms with Gasteiger partial charge in [-0.25, -0.2) is 9.18 Å². The molecule has 1 aromatic carbocycles. The zero-order valence-corrected chi connectivity index (χ0v) is 11.6. The average molecular weight is 312 g/mol. The number of hydrogen-bond acceptors (Lipinski definition) is 6. The highest BCUT2D eigenvalue weighted by atomic mass is 32.1. The van der Waals surface area contributed by atoms with Gasteiger partial charge in [-0.15, -0.1) is 0 Å². The van der Waals surface area contributed by atoms with Gasteiger partial charge in [-0.05, 0) is 13.0 Å². The molecule has 7 nitrogen and oxygen atoms in total. The van der Waals surface area contributed by atoms with E-state index in [1.54, 1.807) is 12.3 Å². The molecule has 0 saturated heterocycles. The van der Waals surface area contributed by atoms with Crippen LogP contribution in [0.3, 0.4) is 0 Å². The number of ether oxygens (including phenoxy) is 1. The minimum absolute atomic E-state index is 0.349. The van der Waals surface area contributed by atoms with Gasteiger partial charge in [0.15, 0.2) is 0 Å². The van der Waals surface area contributed by atoms with Crippen LogP contribution in [0.1, 0.15) is 5.69 Å². The van der Waals surface area contributed by atoms with Gasteiger partial charge >= 0.3 is 16.5 Å². The molecule has 0 amide bonds. The third kappa shape index (κ3) is 3.31. The number of aromatic nitrogens is 1. The molecule has 0 fully saturated rings. The average Bonchev–Trinajstić information content (AvgIpc) is 2.70. The molecule has 110 valence electrons. The molecule has 0 bridgehead atoms. The van der Waals surface area contributed by atoms with Crippen molar-refractivity contribution in [3.63, 3.8) is 0 Å². The van der Waals surface area contributed by atoms with E-state index in [9.17, 15) is 24.1 Å². The van der Waals surface area contributed by atoms with E-state index in [4.69, 9.17) is 4.74 Å². The molecule has 1 aromatic heterocycles. The molecule has 0 spiro atoms. The lowest BCUT2D eigenvalue weighted by atomic mass is 10.3. The van der Waals surface area contributed by atoms with Crippen LogP contribution in [-0.4, -0.2) is 15.5 Å². The van der Waals surface area contributed by atoms with Crippen molar-refractivity contribution in [3.8, 4) is 5.75 Å². The van der Waals surface area contributed by atoms with Gasteiger partial charge in [0.1, 0.15) is 12.4 Å². The standard InChI is InChI=1S/C12H9FN2O5S/c1-7-6-21-12(17)14(7)5-11(16)20-10-4-8(13)2-3-9(10)15(18)19/h2-4,6H,5H2,1H3. The summed E-state index contributed by atoms with van der Waals surface area (Å²) >= 11 is 0.921. The number of benzene rings is 1. The Morgan fingerprint density at radius 1 is 1.52 bits per heavy atom. The Balaban J connectivity index is 2.22. The summed E-state index contributed by atoms with van der Waals surface area (Å²) in [6, 6.07) is 2.54. The number of carbonyl (C=O) groups excluding carboxylic acids is 1. The van der Waals surface area contributed by atoms with Gasteiger partial charge < -0.3 is 4.74 Å². The van der Waals surface area contributed by atoms with E-state index >= 15 is 0 Å². The van der Waals surface area contributed by atoms with Gasteiger partial charge in [-0.3, -0.25) is 19.5 Å². The van der Waals surface area contributed by atoms with Gasteiger partial charge in [0.25, 0.3) is 0 Å². The first-order chi connectivity index (χ1) is 9.88. The minimum Gasteiger partial charge on any atom is -0.418 e. The van der Waals surface area contributed by atoms with Crippen LogP contribution < -0.4 is 9.61 Å². The van der Waals surface area contributed by atoms with E-state index in [1.807, 2.05) is 0 Å². The molecule has 9 heteroatoms. The first kappa shape index (κ1) is 14.9. The molecule has 2 rings (SSSR count). The van der Waals surface area contributed by atoms with Gasteiger partial charge in [-0.1, -0.05) is 11.3 Å². The molecule has 0 aliphatic heterocycles. The second-order valence-corrected chi connectivity index (χ2v) is 4.89. The molecule has 21 heavy (non-hydrogen) atoms. The van der Waals surface area contributed by atoms with Crippen molar-refractivity contribution < 1.29 is 18.8 Å². The summed E-state index contributed by atoms with van der Waals surface area (Å²) in [6.07, 6.45) is 0. The van der Waals surface area contributed by atoms with E-state index in [1.165, 1.54) is 0 Å². The number of halogens is 1. The molecule has 1 heterocycles. The zero-order valence-electron chi connectivity index (χ0n) is 10.7. The van der Waals surface area contributed by atoms with Crippen LogP contribution in [0, 0.1) is 22.9 Å². The summed E-state index contributed by atoms with van der Waals surface area (Å²) < 4.78 is 19.1. The largest absolute Gasteiger partial charge is 0.418 e. The van der Waals surface area contributed by atoms with Crippen LogP contribution >= 0.6 is 11.3 Å². The lowest BCUT2D eigenvalue weighted by Gasteiger charge is -2.06. The van der Waals surface area contributed by atoms with Crippen molar-refractivity contribution in [2.75, 3.05) is 0 Å². The van der Waals surface area contributed by atoms with Gasteiger partial charge in [0.05, 0.1) is 4.92 Å². The van der Waals surface area contributed by atoms with E-state index in [2.05, 4.69) is 0 Å². The predicted molar refractivity (Wildman–Crippen MR) is 72.0 cm³/mol. The molecule has 0 aliphatic carbocycles. The summed E-state index contributed by atoms with van der Waals surface area (Å²) in [5, 5.41) is 12.3. The van der Waals surface area contributed by atoms with Crippen molar-refractivity contribution in [2.24, 2.45) is 0 Å². The highest BCUT2D eigenvalue weighted by Crippen LogP contribution is 2.27. The fourth-order valence-electron chi connectivity index (χ4n) is 1.60. The molecule has 0 atom stereocenters. The smallest absolute Gasteiger partial charge is 0.331 e. The summed E-state index contributed by atoms with van der Waals surface area (Å²) in [7, 11) is 0. The Labute approximate surface area is 121 Å². The van der Waals surface area contributed by atoms with E-state index in [0.29, 0.717) is 5.69 Å². The van der Waals surface area contributed by atoms with Crippen molar-refractivity contribution in [3.05, 3.63) is 54.9 Å². The van der Waals surface area contributed by atoms with Crippen LogP contribution in [0.4, 0.5) is 10.1 Å². The van der Waals surface area contributed by atoms with E-state index in [0.717, 1.165) is 34.1 Å². The normalized spacial score (nSPS) is 10.4. The lowest BCUT2D eigenvalue weighted by Crippen LogP contribution is -2.24. The SMILES string of the molecule is Cc1csc(=O)n1CC(=O)Oc1cc(F)ccc1[N+](=O)[O-]. The monoisotopic (exact) mass is 312 g/mol. The molecule has 0 unspecified atom stereocenters. The first-order valence-electron chi connectivity index (χ1n) is 5.68. The molecule has 2 aromatic rings.